The third-order valence-corrected chi connectivity index (χ3v) is 3.79. The van der Waals surface area contributed by atoms with Gasteiger partial charge < -0.3 is 19.3 Å². The molecule has 1 heterocycles. The molecule has 0 aliphatic heterocycles. The van der Waals surface area contributed by atoms with Gasteiger partial charge in [-0.2, -0.15) is 4.98 Å². The minimum atomic E-state index is -0.527. The molecule has 0 aliphatic carbocycles. The van der Waals surface area contributed by atoms with E-state index < -0.39 is 5.82 Å². The zero-order valence-electron chi connectivity index (χ0n) is 13.5. The molecule has 0 aliphatic rings. The van der Waals surface area contributed by atoms with Gasteiger partial charge in [0, 0.05) is 6.07 Å². The van der Waals surface area contributed by atoms with E-state index in [1.165, 1.54) is 6.07 Å². The molecule has 2 aromatic carbocycles. The number of rotatable bonds is 6. The van der Waals surface area contributed by atoms with Gasteiger partial charge in [-0.15, -0.1) is 0 Å². The summed E-state index contributed by atoms with van der Waals surface area (Å²) in [6, 6.07) is 9.97. The number of nitrogens with one attached hydrogen (secondary N) is 1. The molecule has 0 spiro atoms. The van der Waals surface area contributed by atoms with Crippen molar-refractivity contribution < 1.29 is 18.4 Å². The average Bonchev–Trinajstić information content (AvgIpc) is 3.11. The maximum absolute atomic E-state index is 13.9. The summed E-state index contributed by atoms with van der Waals surface area (Å²) in [5.74, 6) is 1.35. The summed E-state index contributed by atoms with van der Waals surface area (Å²) in [5, 5.41) is 6.85. The molecule has 3 aromatic rings. The average molecular weight is 364 g/mol. The van der Waals surface area contributed by atoms with Crippen molar-refractivity contribution in [2.45, 2.75) is 6.54 Å². The summed E-state index contributed by atoms with van der Waals surface area (Å²) >= 11 is 5.75. The van der Waals surface area contributed by atoms with Crippen LogP contribution in [0.2, 0.25) is 5.02 Å². The highest BCUT2D eigenvalue weighted by Crippen LogP contribution is 2.31. The van der Waals surface area contributed by atoms with Crippen LogP contribution in [-0.2, 0) is 6.54 Å². The summed E-state index contributed by atoms with van der Waals surface area (Å²) in [6.45, 7) is 0.155. The predicted octanol–water partition coefficient (Wildman–Crippen LogP) is 4.16. The van der Waals surface area contributed by atoms with Crippen LogP contribution in [0.5, 0.6) is 11.5 Å². The van der Waals surface area contributed by atoms with Crippen LogP contribution in [-0.4, -0.2) is 24.4 Å². The van der Waals surface area contributed by atoms with Crippen molar-refractivity contribution in [1.29, 1.82) is 0 Å². The Bertz CT molecular complexity index is 885. The third kappa shape index (κ3) is 3.66. The molecule has 0 saturated carbocycles. The second kappa shape index (κ2) is 7.40. The van der Waals surface area contributed by atoms with Crippen molar-refractivity contribution in [3.8, 4) is 22.9 Å². The largest absolute Gasteiger partial charge is 0.497 e. The molecule has 1 N–H and O–H groups in total. The van der Waals surface area contributed by atoms with Gasteiger partial charge in [-0.1, -0.05) is 22.8 Å². The molecule has 0 radical (unpaired) electrons. The quantitative estimate of drug-likeness (QED) is 0.709. The highest BCUT2D eigenvalue weighted by Gasteiger charge is 2.15. The molecule has 130 valence electrons. The highest BCUT2D eigenvalue weighted by atomic mass is 35.5. The first-order valence-electron chi connectivity index (χ1n) is 7.35. The first-order chi connectivity index (χ1) is 12.1. The molecule has 0 bridgehead atoms. The number of halogens is 2. The summed E-state index contributed by atoms with van der Waals surface area (Å²) < 4.78 is 29.5. The molecule has 0 unspecified atom stereocenters. The van der Waals surface area contributed by atoms with E-state index in [0.717, 1.165) is 0 Å². The topological polar surface area (TPSA) is 69.4 Å². The number of benzene rings is 2. The number of anilines is 1. The Hall–Kier alpha value is -2.80. The minimum Gasteiger partial charge on any atom is -0.497 e. The number of ether oxygens (including phenoxy) is 2. The lowest BCUT2D eigenvalue weighted by atomic mass is 10.2. The molecule has 1 aromatic heterocycles. The van der Waals surface area contributed by atoms with E-state index in [9.17, 15) is 4.39 Å². The fourth-order valence-corrected chi connectivity index (χ4v) is 2.41. The van der Waals surface area contributed by atoms with Crippen LogP contribution in [0.15, 0.2) is 40.9 Å². The summed E-state index contributed by atoms with van der Waals surface area (Å²) in [4.78, 5) is 4.30. The molecule has 0 atom stereocenters. The Kier molecular flexibility index (Phi) is 5.04. The number of nitrogens with zero attached hydrogens (tertiary/aromatic N) is 2. The molecular weight excluding hydrogens is 349 g/mol. The second-order valence-corrected chi connectivity index (χ2v) is 5.44. The highest BCUT2D eigenvalue weighted by molar-refractivity contribution is 6.31. The molecule has 0 saturated heterocycles. The summed E-state index contributed by atoms with van der Waals surface area (Å²) in [6.07, 6.45) is 0. The normalized spacial score (nSPS) is 10.6. The summed E-state index contributed by atoms with van der Waals surface area (Å²) in [5.41, 5.74) is 0.918. The Balaban J connectivity index is 1.78. The lowest BCUT2D eigenvalue weighted by Crippen LogP contribution is -2.02. The zero-order chi connectivity index (χ0) is 17.8. The van der Waals surface area contributed by atoms with Gasteiger partial charge in [0.15, 0.2) is 5.82 Å². The first-order valence-corrected chi connectivity index (χ1v) is 7.73. The fraction of sp³-hybridized carbons (Fsp3) is 0.176. The van der Waals surface area contributed by atoms with Crippen LogP contribution in [0.3, 0.4) is 0 Å². The fourth-order valence-electron chi connectivity index (χ4n) is 2.23. The van der Waals surface area contributed by atoms with E-state index in [1.807, 2.05) is 0 Å². The SMILES string of the molecule is COc1ccc(-c2noc(CNc3cccc(Cl)c3F)n2)c(OC)c1. The third-order valence-electron chi connectivity index (χ3n) is 3.50. The van der Waals surface area contributed by atoms with Gasteiger partial charge in [0.1, 0.15) is 11.5 Å². The second-order valence-electron chi connectivity index (χ2n) is 5.03. The lowest BCUT2D eigenvalue weighted by Gasteiger charge is -2.07. The van der Waals surface area contributed by atoms with E-state index in [4.69, 9.17) is 25.6 Å². The molecule has 8 heteroatoms. The smallest absolute Gasteiger partial charge is 0.246 e. The molecule has 3 rings (SSSR count). The number of hydrogen-bond acceptors (Lipinski definition) is 6. The van der Waals surface area contributed by atoms with E-state index in [0.29, 0.717) is 28.8 Å². The van der Waals surface area contributed by atoms with Crippen molar-refractivity contribution in [3.05, 3.63) is 53.1 Å². The van der Waals surface area contributed by atoms with Gasteiger partial charge in [-0.25, -0.2) is 4.39 Å². The Morgan fingerprint density at radius 3 is 2.80 bits per heavy atom. The minimum absolute atomic E-state index is 0.0409. The van der Waals surface area contributed by atoms with E-state index >= 15 is 0 Å². The van der Waals surface area contributed by atoms with Crippen LogP contribution in [0.4, 0.5) is 10.1 Å². The number of hydrogen-bond donors (Lipinski definition) is 1. The van der Waals surface area contributed by atoms with Crippen molar-refractivity contribution in [3.63, 3.8) is 0 Å². The molecule has 0 fully saturated rings. The Labute approximate surface area is 148 Å². The van der Waals surface area contributed by atoms with E-state index in [-0.39, 0.29) is 17.3 Å². The van der Waals surface area contributed by atoms with Crippen LogP contribution in [0, 0.1) is 5.82 Å². The predicted molar refractivity (Wildman–Crippen MR) is 91.6 cm³/mol. The Morgan fingerprint density at radius 2 is 2.04 bits per heavy atom. The zero-order valence-corrected chi connectivity index (χ0v) is 14.3. The van der Waals surface area contributed by atoms with Crippen molar-refractivity contribution in [2.24, 2.45) is 0 Å². The molecular formula is C17H15ClFN3O3. The maximum Gasteiger partial charge on any atom is 0.246 e. The molecule has 25 heavy (non-hydrogen) atoms. The van der Waals surface area contributed by atoms with Gasteiger partial charge in [0.25, 0.3) is 0 Å². The van der Waals surface area contributed by atoms with Crippen LogP contribution in [0.25, 0.3) is 11.4 Å². The van der Waals surface area contributed by atoms with Crippen molar-refractivity contribution in [1.82, 2.24) is 10.1 Å². The standard InChI is InChI=1S/C17H15ClFN3O3/c1-23-10-6-7-11(14(8-10)24-2)17-21-15(25-22-17)9-20-13-5-3-4-12(18)16(13)19/h3-8,20H,9H2,1-2H3. The monoisotopic (exact) mass is 363 g/mol. The van der Waals surface area contributed by atoms with E-state index in [2.05, 4.69) is 15.5 Å². The first kappa shape index (κ1) is 17.0. The number of aromatic nitrogens is 2. The van der Waals surface area contributed by atoms with Crippen molar-refractivity contribution >= 4 is 17.3 Å². The molecule has 0 amide bonds. The van der Waals surface area contributed by atoms with E-state index in [1.54, 1.807) is 44.6 Å². The van der Waals surface area contributed by atoms with Crippen LogP contribution < -0.4 is 14.8 Å². The van der Waals surface area contributed by atoms with Gasteiger partial charge in [-0.3, -0.25) is 0 Å². The van der Waals surface area contributed by atoms with Crippen molar-refractivity contribution in [2.75, 3.05) is 19.5 Å². The summed E-state index contributed by atoms with van der Waals surface area (Å²) in [7, 11) is 3.12. The van der Waals surface area contributed by atoms with Crippen LogP contribution in [0.1, 0.15) is 5.89 Å². The van der Waals surface area contributed by atoms with Gasteiger partial charge >= 0.3 is 0 Å². The maximum atomic E-state index is 13.9. The Morgan fingerprint density at radius 1 is 1.20 bits per heavy atom. The van der Waals surface area contributed by atoms with Gasteiger partial charge in [0.2, 0.25) is 11.7 Å². The molecule has 6 nitrogen and oxygen atoms in total. The number of methoxy groups -OCH3 is 2. The lowest BCUT2D eigenvalue weighted by molar-refractivity contribution is 0.382. The van der Waals surface area contributed by atoms with Gasteiger partial charge in [0.05, 0.1) is 37.0 Å². The van der Waals surface area contributed by atoms with Crippen LogP contribution >= 0.6 is 11.6 Å². The van der Waals surface area contributed by atoms with Gasteiger partial charge in [-0.05, 0) is 24.3 Å².